The zero-order valence-corrected chi connectivity index (χ0v) is 20.3. The van der Waals surface area contributed by atoms with Gasteiger partial charge in [-0.05, 0) is 55.9 Å². The van der Waals surface area contributed by atoms with Crippen LogP contribution in [0.5, 0.6) is 11.6 Å². The van der Waals surface area contributed by atoms with Crippen LogP contribution in [0.25, 0.3) is 0 Å². The minimum absolute atomic E-state index is 0.0628. The highest BCUT2D eigenvalue weighted by Gasteiger charge is 2.32. The van der Waals surface area contributed by atoms with Crippen molar-refractivity contribution < 1.29 is 22.7 Å². The highest BCUT2D eigenvalue weighted by molar-refractivity contribution is 5.83. The van der Waals surface area contributed by atoms with Crippen molar-refractivity contribution in [1.82, 2.24) is 14.9 Å². The van der Waals surface area contributed by atoms with E-state index in [2.05, 4.69) is 14.9 Å². The summed E-state index contributed by atoms with van der Waals surface area (Å²) in [7, 11) is 5.96. The molecule has 0 aliphatic rings. The molecule has 9 heteroatoms. The van der Waals surface area contributed by atoms with Gasteiger partial charge in [0.2, 0.25) is 5.88 Å². The summed E-state index contributed by atoms with van der Waals surface area (Å²) in [6, 6.07) is 12.7. The molecule has 2 aromatic carbocycles. The lowest BCUT2D eigenvalue weighted by Crippen LogP contribution is -2.29. The molecule has 1 aromatic heterocycles. The van der Waals surface area contributed by atoms with Crippen LogP contribution in [-0.2, 0) is 23.8 Å². The molecule has 0 spiro atoms. The van der Waals surface area contributed by atoms with Crippen molar-refractivity contribution in [3.05, 3.63) is 77.1 Å². The fourth-order valence-corrected chi connectivity index (χ4v) is 3.46. The third kappa shape index (κ3) is 7.78. The SMILES string of the molecule is Cc1ccc(CC(=O)Cc2ccc(Oc3cc(N(C)CCN(C)C)ncn3)cc2)cc1C(F)(F)F. The molecule has 0 atom stereocenters. The van der Waals surface area contributed by atoms with Crippen LogP contribution in [0, 0.1) is 6.92 Å². The van der Waals surface area contributed by atoms with E-state index in [0.29, 0.717) is 17.2 Å². The molecule has 0 saturated heterocycles. The van der Waals surface area contributed by atoms with Gasteiger partial charge in [0.1, 0.15) is 23.7 Å². The van der Waals surface area contributed by atoms with Gasteiger partial charge in [-0.15, -0.1) is 0 Å². The number of rotatable bonds is 10. The first-order valence-corrected chi connectivity index (χ1v) is 11.1. The average Bonchev–Trinajstić information content (AvgIpc) is 2.79. The Morgan fingerprint density at radius 1 is 0.914 bits per heavy atom. The number of carbonyl (C=O) groups is 1. The number of anilines is 1. The van der Waals surface area contributed by atoms with Gasteiger partial charge < -0.3 is 14.5 Å². The molecule has 0 aliphatic carbocycles. The Hall–Kier alpha value is -3.46. The molecular formula is C26H29F3N4O2. The summed E-state index contributed by atoms with van der Waals surface area (Å²) in [5.74, 6) is 1.52. The van der Waals surface area contributed by atoms with E-state index < -0.39 is 11.7 Å². The second-order valence-corrected chi connectivity index (χ2v) is 8.72. The number of hydrogen-bond donors (Lipinski definition) is 0. The van der Waals surface area contributed by atoms with Crippen LogP contribution < -0.4 is 9.64 Å². The molecular weight excluding hydrogens is 457 g/mol. The number of alkyl halides is 3. The zero-order valence-electron chi connectivity index (χ0n) is 20.3. The molecule has 3 rings (SSSR count). The second kappa shape index (κ2) is 11.3. The second-order valence-electron chi connectivity index (χ2n) is 8.72. The highest BCUT2D eigenvalue weighted by Crippen LogP contribution is 2.32. The maximum atomic E-state index is 13.1. The molecule has 0 saturated carbocycles. The van der Waals surface area contributed by atoms with Crippen molar-refractivity contribution >= 4 is 11.6 Å². The fraction of sp³-hybridized carbons (Fsp3) is 0.346. The van der Waals surface area contributed by atoms with Crippen LogP contribution >= 0.6 is 0 Å². The smallest absolute Gasteiger partial charge is 0.416 e. The number of nitrogens with zero attached hydrogens (tertiary/aromatic N) is 4. The number of ketones is 1. The van der Waals surface area contributed by atoms with E-state index in [-0.39, 0.29) is 24.2 Å². The van der Waals surface area contributed by atoms with Gasteiger partial charge in [-0.2, -0.15) is 13.2 Å². The lowest BCUT2D eigenvalue weighted by atomic mass is 9.99. The number of halogens is 3. The maximum absolute atomic E-state index is 13.1. The summed E-state index contributed by atoms with van der Waals surface area (Å²) in [6.45, 7) is 3.08. The molecule has 6 nitrogen and oxygen atoms in total. The van der Waals surface area contributed by atoms with E-state index in [4.69, 9.17) is 4.74 Å². The molecule has 0 bridgehead atoms. The van der Waals surface area contributed by atoms with E-state index in [1.165, 1.54) is 19.3 Å². The van der Waals surface area contributed by atoms with Crippen molar-refractivity contribution in [2.24, 2.45) is 0 Å². The maximum Gasteiger partial charge on any atom is 0.416 e. The van der Waals surface area contributed by atoms with Crippen LogP contribution in [0.15, 0.2) is 54.9 Å². The minimum atomic E-state index is -4.44. The van der Waals surface area contributed by atoms with E-state index in [0.717, 1.165) is 30.5 Å². The molecule has 35 heavy (non-hydrogen) atoms. The standard InChI is InChI=1S/C26H29F3N4O2/c1-18-5-6-20(15-23(18)26(27,28)29)14-21(34)13-19-7-9-22(10-8-19)35-25-16-24(30-17-31-25)33(4)12-11-32(2)3/h5-10,15-17H,11-14H2,1-4H3. The summed E-state index contributed by atoms with van der Waals surface area (Å²) in [4.78, 5) is 25.0. The predicted octanol–water partition coefficient (Wildman–Crippen LogP) is 4.95. The Balaban J connectivity index is 1.59. The van der Waals surface area contributed by atoms with Crippen LogP contribution in [0.2, 0.25) is 0 Å². The molecule has 3 aromatic rings. The van der Waals surface area contributed by atoms with E-state index >= 15 is 0 Å². The lowest BCUT2D eigenvalue weighted by molar-refractivity contribution is -0.138. The number of aryl methyl sites for hydroxylation is 1. The van der Waals surface area contributed by atoms with Crippen molar-refractivity contribution in [3.63, 3.8) is 0 Å². The third-order valence-electron chi connectivity index (χ3n) is 5.46. The fourth-order valence-electron chi connectivity index (χ4n) is 3.46. The summed E-state index contributed by atoms with van der Waals surface area (Å²) in [5, 5.41) is 0. The van der Waals surface area contributed by atoms with Crippen molar-refractivity contribution in [1.29, 1.82) is 0 Å². The van der Waals surface area contributed by atoms with Gasteiger partial charge in [0.05, 0.1) is 5.56 Å². The summed E-state index contributed by atoms with van der Waals surface area (Å²) < 4.78 is 45.2. The topological polar surface area (TPSA) is 58.6 Å². The Morgan fingerprint density at radius 3 is 2.23 bits per heavy atom. The monoisotopic (exact) mass is 486 g/mol. The van der Waals surface area contributed by atoms with Crippen LogP contribution in [0.1, 0.15) is 22.3 Å². The van der Waals surface area contributed by atoms with Gasteiger partial charge in [-0.1, -0.05) is 24.3 Å². The number of Topliss-reactive ketones (excluding diaryl/α,β-unsaturated/α-hetero) is 1. The zero-order chi connectivity index (χ0) is 25.6. The van der Waals surface area contributed by atoms with Gasteiger partial charge in [0, 0.05) is 39.0 Å². The molecule has 186 valence electrons. The van der Waals surface area contributed by atoms with Gasteiger partial charge in [0.25, 0.3) is 0 Å². The average molecular weight is 487 g/mol. The van der Waals surface area contributed by atoms with Gasteiger partial charge in [-0.3, -0.25) is 4.79 Å². The largest absolute Gasteiger partial charge is 0.439 e. The normalized spacial score (nSPS) is 11.5. The third-order valence-corrected chi connectivity index (χ3v) is 5.46. The Bertz CT molecular complexity index is 1150. The van der Waals surface area contributed by atoms with Gasteiger partial charge in [-0.25, -0.2) is 9.97 Å². The molecule has 0 aliphatic heterocycles. The minimum Gasteiger partial charge on any atom is -0.439 e. The predicted molar refractivity (Wildman–Crippen MR) is 129 cm³/mol. The first-order valence-electron chi connectivity index (χ1n) is 11.1. The van der Waals surface area contributed by atoms with Crippen LogP contribution in [-0.4, -0.2) is 54.9 Å². The first-order chi connectivity index (χ1) is 16.5. The number of aromatic nitrogens is 2. The van der Waals surface area contributed by atoms with E-state index in [9.17, 15) is 18.0 Å². The molecule has 0 fully saturated rings. The van der Waals surface area contributed by atoms with E-state index in [1.807, 2.05) is 26.0 Å². The molecule has 0 N–H and O–H groups in total. The molecule has 0 radical (unpaired) electrons. The number of benzene rings is 2. The van der Waals surface area contributed by atoms with Crippen LogP contribution in [0.4, 0.5) is 19.0 Å². The van der Waals surface area contributed by atoms with Gasteiger partial charge in [0.15, 0.2) is 0 Å². The van der Waals surface area contributed by atoms with Crippen molar-refractivity contribution in [2.45, 2.75) is 25.9 Å². The summed E-state index contributed by atoms with van der Waals surface area (Å²) in [6.07, 6.45) is -2.94. The molecule has 1 heterocycles. The van der Waals surface area contributed by atoms with Crippen molar-refractivity contribution in [2.75, 3.05) is 39.1 Å². The Morgan fingerprint density at radius 2 is 1.57 bits per heavy atom. The summed E-state index contributed by atoms with van der Waals surface area (Å²) >= 11 is 0. The number of hydrogen-bond acceptors (Lipinski definition) is 6. The summed E-state index contributed by atoms with van der Waals surface area (Å²) in [5.41, 5.74) is 0.529. The van der Waals surface area contributed by atoms with Crippen LogP contribution in [0.3, 0.4) is 0 Å². The number of ether oxygens (including phenoxy) is 1. The Kier molecular flexibility index (Phi) is 8.45. The van der Waals surface area contributed by atoms with Crippen molar-refractivity contribution in [3.8, 4) is 11.6 Å². The number of likely N-dealkylation sites (N-methyl/N-ethyl adjacent to an activating group) is 2. The first kappa shape index (κ1) is 26.2. The quantitative estimate of drug-likeness (QED) is 0.404. The Labute approximate surface area is 203 Å². The van der Waals surface area contributed by atoms with E-state index in [1.54, 1.807) is 36.4 Å². The highest BCUT2D eigenvalue weighted by atomic mass is 19.4. The molecule has 0 amide bonds. The lowest BCUT2D eigenvalue weighted by Gasteiger charge is -2.20. The molecule has 0 unspecified atom stereocenters. The van der Waals surface area contributed by atoms with Gasteiger partial charge >= 0.3 is 6.18 Å². The number of carbonyl (C=O) groups excluding carboxylic acids is 1.